The van der Waals surface area contributed by atoms with Gasteiger partial charge in [-0.3, -0.25) is 14.4 Å². The summed E-state index contributed by atoms with van der Waals surface area (Å²) in [6.45, 7) is 3.63. The largest absolute Gasteiger partial charge is 0.378 e. The summed E-state index contributed by atoms with van der Waals surface area (Å²) < 4.78 is 5.38. The van der Waals surface area contributed by atoms with Crippen LogP contribution in [0.3, 0.4) is 0 Å². The van der Waals surface area contributed by atoms with Gasteiger partial charge in [0.2, 0.25) is 17.7 Å². The number of hydrogen-bond acceptors (Lipinski definition) is 5. The van der Waals surface area contributed by atoms with Gasteiger partial charge in [0, 0.05) is 44.4 Å². The monoisotopic (exact) mass is 498 g/mol. The number of carbonyl (C=O) groups is 3. The molecule has 0 unspecified atom stereocenters. The van der Waals surface area contributed by atoms with Crippen LogP contribution in [-0.2, 0) is 25.7 Å². The van der Waals surface area contributed by atoms with E-state index in [0.29, 0.717) is 51.6 Å². The number of morpholine rings is 1. The number of primary amides is 1. The van der Waals surface area contributed by atoms with Crippen molar-refractivity contribution in [2.24, 2.45) is 23.5 Å². The Hall–Kier alpha value is -2.45. The van der Waals surface area contributed by atoms with Gasteiger partial charge < -0.3 is 25.6 Å². The van der Waals surface area contributed by atoms with E-state index in [1.165, 1.54) is 24.8 Å². The maximum absolute atomic E-state index is 13.6. The molecular formula is C28H42N4O4. The molecule has 0 spiro atoms. The minimum atomic E-state index is -1.02. The number of nitrogens with zero attached hydrogens (tertiary/aromatic N) is 2. The van der Waals surface area contributed by atoms with Crippen molar-refractivity contribution >= 4 is 17.7 Å². The van der Waals surface area contributed by atoms with E-state index < -0.39 is 17.4 Å². The fourth-order valence-corrected chi connectivity index (χ4v) is 5.99. The second-order valence-corrected chi connectivity index (χ2v) is 11.0. The molecule has 0 bridgehead atoms. The minimum absolute atomic E-state index is 0.00248. The number of ether oxygens (including phenoxy) is 1. The average Bonchev–Trinajstić information content (AvgIpc) is 3.58. The Kier molecular flexibility index (Phi) is 9.01. The van der Waals surface area contributed by atoms with Crippen LogP contribution >= 0.6 is 0 Å². The summed E-state index contributed by atoms with van der Waals surface area (Å²) in [6.07, 6.45) is 7.20. The summed E-state index contributed by atoms with van der Waals surface area (Å²) in [5, 5.41) is 3.05. The van der Waals surface area contributed by atoms with E-state index in [-0.39, 0.29) is 24.2 Å². The van der Waals surface area contributed by atoms with E-state index in [2.05, 4.69) is 22.3 Å². The lowest BCUT2D eigenvalue weighted by Gasteiger charge is -2.31. The first-order valence-corrected chi connectivity index (χ1v) is 13.6. The molecule has 3 aliphatic rings. The highest BCUT2D eigenvalue weighted by Crippen LogP contribution is 2.44. The number of nitrogens with two attached hydrogens (primary N) is 1. The number of benzene rings is 1. The second-order valence-electron chi connectivity index (χ2n) is 11.0. The third-order valence-electron chi connectivity index (χ3n) is 8.22. The third-order valence-corrected chi connectivity index (χ3v) is 8.22. The van der Waals surface area contributed by atoms with Gasteiger partial charge in [-0.2, -0.15) is 0 Å². The number of amides is 3. The van der Waals surface area contributed by atoms with Gasteiger partial charge in [0.15, 0.2) is 0 Å². The third kappa shape index (κ3) is 6.85. The lowest BCUT2D eigenvalue weighted by atomic mass is 9.81. The molecule has 1 saturated heterocycles. The zero-order valence-electron chi connectivity index (χ0n) is 21.6. The normalized spacial score (nSPS) is 25.4. The van der Waals surface area contributed by atoms with Crippen LogP contribution in [0, 0.1) is 17.8 Å². The lowest BCUT2D eigenvalue weighted by molar-refractivity contribution is -0.140. The first-order valence-electron chi connectivity index (χ1n) is 13.6. The molecule has 1 aromatic rings. The van der Waals surface area contributed by atoms with Crippen molar-refractivity contribution in [2.75, 3.05) is 39.9 Å². The van der Waals surface area contributed by atoms with Crippen LogP contribution in [0.1, 0.15) is 56.9 Å². The summed E-state index contributed by atoms with van der Waals surface area (Å²) in [6, 6.07) is 10.2. The van der Waals surface area contributed by atoms with Gasteiger partial charge in [-0.1, -0.05) is 62.4 Å². The van der Waals surface area contributed by atoms with Crippen LogP contribution in [0.25, 0.3) is 0 Å². The Morgan fingerprint density at radius 3 is 2.50 bits per heavy atom. The van der Waals surface area contributed by atoms with Crippen molar-refractivity contribution in [1.82, 2.24) is 15.1 Å². The van der Waals surface area contributed by atoms with Crippen molar-refractivity contribution < 1.29 is 19.1 Å². The predicted molar refractivity (Wildman–Crippen MR) is 138 cm³/mol. The van der Waals surface area contributed by atoms with Gasteiger partial charge in [-0.25, -0.2) is 0 Å². The standard InChI is InChI=1S/C28H42N4O4/c1-31(19-22-10-6-3-7-11-22)20-24-18-28(24,27(29)35)30-26(34)23(16-21-8-4-2-5-9-21)17-25(33)32-12-14-36-15-13-32/h3,6-7,10-11,21,23-24H,2,4-5,8-9,12-20H2,1H3,(H2,29,35)(H,30,34)/t23-,24+,28+/m1/s1. The van der Waals surface area contributed by atoms with Crippen LogP contribution in [-0.4, -0.2) is 73.0 Å². The molecule has 2 aliphatic carbocycles. The fraction of sp³-hybridized carbons (Fsp3) is 0.679. The number of carbonyl (C=O) groups excluding carboxylic acids is 3. The quantitative estimate of drug-likeness (QED) is 0.487. The van der Waals surface area contributed by atoms with Gasteiger partial charge in [0.05, 0.1) is 13.2 Å². The highest BCUT2D eigenvalue weighted by molar-refractivity contribution is 5.95. The van der Waals surface area contributed by atoms with Crippen molar-refractivity contribution in [1.29, 1.82) is 0 Å². The zero-order chi connectivity index (χ0) is 25.5. The van der Waals surface area contributed by atoms with Gasteiger partial charge in [-0.05, 0) is 31.4 Å². The Balaban J connectivity index is 1.39. The van der Waals surface area contributed by atoms with Gasteiger partial charge in [0.25, 0.3) is 0 Å². The highest BCUT2D eigenvalue weighted by atomic mass is 16.5. The van der Waals surface area contributed by atoms with E-state index in [1.54, 1.807) is 4.90 Å². The number of rotatable bonds is 11. The number of nitrogens with one attached hydrogen (secondary N) is 1. The summed E-state index contributed by atoms with van der Waals surface area (Å²) in [5.74, 6) is -0.708. The zero-order valence-corrected chi connectivity index (χ0v) is 21.6. The van der Waals surface area contributed by atoms with Crippen LogP contribution in [0.4, 0.5) is 0 Å². The Bertz CT molecular complexity index is 898. The van der Waals surface area contributed by atoms with Gasteiger partial charge in [-0.15, -0.1) is 0 Å². The molecule has 8 heteroatoms. The SMILES string of the molecule is CN(Cc1ccccc1)C[C@@H]1C[C@@]1(NC(=O)[C@@H](CC(=O)N1CCOCC1)CC1CCCCC1)C(N)=O. The Morgan fingerprint density at radius 2 is 1.83 bits per heavy atom. The maximum atomic E-state index is 13.6. The molecule has 0 radical (unpaired) electrons. The molecule has 1 heterocycles. The van der Waals surface area contributed by atoms with Crippen LogP contribution in [0.15, 0.2) is 30.3 Å². The first kappa shape index (κ1) is 26.6. The van der Waals surface area contributed by atoms with E-state index in [4.69, 9.17) is 10.5 Å². The van der Waals surface area contributed by atoms with Crippen LogP contribution < -0.4 is 11.1 Å². The molecule has 198 valence electrons. The molecule has 8 nitrogen and oxygen atoms in total. The molecule has 1 aliphatic heterocycles. The topological polar surface area (TPSA) is 105 Å². The van der Waals surface area contributed by atoms with Crippen LogP contribution in [0.2, 0.25) is 0 Å². The summed E-state index contributed by atoms with van der Waals surface area (Å²) in [5.41, 5.74) is 6.02. The smallest absolute Gasteiger partial charge is 0.243 e. The van der Waals surface area contributed by atoms with E-state index in [9.17, 15) is 14.4 Å². The maximum Gasteiger partial charge on any atom is 0.243 e. The Labute approximate surface area is 214 Å². The van der Waals surface area contributed by atoms with Crippen molar-refractivity contribution in [3.8, 4) is 0 Å². The molecule has 2 saturated carbocycles. The van der Waals surface area contributed by atoms with E-state index in [0.717, 1.165) is 19.4 Å². The van der Waals surface area contributed by atoms with Crippen LogP contribution in [0.5, 0.6) is 0 Å². The van der Waals surface area contributed by atoms with Gasteiger partial charge in [0.1, 0.15) is 5.54 Å². The Morgan fingerprint density at radius 1 is 1.14 bits per heavy atom. The van der Waals surface area contributed by atoms with E-state index in [1.807, 2.05) is 25.2 Å². The second kappa shape index (κ2) is 12.2. The predicted octanol–water partition coefficient (Wildman–Crippen LogP) is 2.31. The lowest BCUT2D eigenvalue weighted by Crippen LogP contribution is -2.52. The minimum Gasteiger partial charge on any atom is -0.378 e. The summed E-state index contributed by atoms with van der Waals surface area (Å²) in [4.78, 5) is 43.1. The summed E-state index contributed by atoms with van der Waals surface area (Å²) in [7, 11) is 2.02. The summed E-state index contributed by atoms with van der Waals surface area (Å²) >= 11 is 0. The molecular weight excluding hydrogens is 456 g/mol. The molecule has 1 aromatic carbocycles. The highest BCUT2D eigenvalue weighted by Gasteiger charge is 2.60. The molecule has 3 atom stereocenters. The fourth-order valence-electron chi connectivity index (χ4n) is 5.99. The molecule has 36 heavy (non-hydrogen) atoms. The molecule has 3 fully saturated rings. The number of hydrogen-bond donors (Lipinski definition) is 2. The van der Waals surface area contributed by atoms with Crippen molar-refractivity contribution in [3.05, 3.63) is 35.9 Å². The van der Waals surface area contributed by atoms with Gasteiger partial charge >= 0.3 is 0 Å². The first-order chi connectivity index (χ1) is 17.4. The molecule has 0 aromatic heterocycles. The van der Waals surface area contributed by atoms with Crippen molar-refractivity contribution in [2.45, 2.75) is 63.5 Å². The average molecular weight is 499 g/mol. The molecule has 3 N–H and O–H groups in total. The van der Waals surface area contributed by atoms with Crippen molar-refractivity contribution in [3.63, 3.8) is 0 Å². The van der Waals surface area contributed by atoms with E-state index >= 15 is 0 Å². The molecule has 3 amide bonds. The molecule has 4 rings (SSSR count).